The molecule has 2 aromatic rings. The van der Waals surface area contributed by atoms with Crippen LogP contribution in [-0.4, -0.2) is 12.6 Å². The summed E-state index contributed by atoms with van der Waals surface area (Å²) in [4.78, 5) is 0. The maximum absolute atomic E-state index is 6.35. The van der Waals surface area contributed by atoms with E-state index in [1.54, 1.807) is 13.4 Å². The Morgan fingerprint density at radius 1 is 1.47 bits per heavy atom. The standard InChI is InChI=1S/C13H16ClNO2/c1-13(2,15)7-8-6-10(16-3)12-9(11(8)14)4-5-17-12/h4-6H,7,15H2,1-3H3. The van der Waals surface area contributed by atoms with Crippen LogP contribution in [0.25, 0.3) is 11.0 Å². The topological polar surface area (TPSA) is 48.4 Å². The lowest BCUT2D eigenvalue weighted by molar-refractivity contribution is 0.409. The molecule has 3 nitrogen and oxygen atoms in total. The Labute approximate surface area is 105 Å². The zero-order valence-corrected chi connectivity index (χ0v) is 11.0. The van der Waals surface area contributed by atoms with Gasteiger partial charge in [-0.05, 0) is 38.0 Å². The molecule has 2 N–H and O–H groups in total. The van der Waals surface area contributed by atoms with E-state index >= 15 is 0 Å². The van der Waals surface area contributed by atoms with Crippen LogP contribution in [0.3, 0.4) is 0 Å². The van der Waals surface area contributed by atoms with Crippen LogP contribution in [0.2, 0.25) is 5.02 Å². The summed E-state index contributed by atoms with van der Waals surface area (Å²) in [6.45, 7) is 3.94. The summed E-state index contributed by atoms with van der Waals surface area (Å²) in [5.74, 6) is 0.689. The Kier molecular flexibility index (Phi) is 3.06. The highest BCUT2D eigenvalue weighted by Crippen LogP contribution is 2.36. The molecule has 0 aliphatic rings. The van der Waals surface area contributed by atoms with Gasteiger partial charge in [-0.15, -0.1) is 0 Å². The number of methoxy groups -OCH3 is 1. The number of halogens is 1. The van der Waals surface area contributed by atoms with Gasteiger partial charge in [-0.2, -0.15) is 0 Å². The van der Waals surface area contributed by atoms with E-state index in [4.69, 9.17) is 26.5 Å². The molecule has 0 amide bonds. The van der Waals surface area contributed by atoms with Gasteiger partial charge in [-0.25, -0.2) is 0 Å². The summed E-state index contributed by atoms with van der Waals surface area (Å²) in [7, 11) is 1.61. The lowest BCUT2D eigenvalue weighted by Gasteiger charge is -2.20. The van der Waals surface area contributed by atoms with Crippen LogP contribution < -0.4 is 10.5 Å². The highest BCUT2D eigenvalue weighted by molar-refractivity contribution is 6.36. The molecular formula is C13H16ClNO2. The van der Waals surface area contributed by atoms with Crippen molar-refractivity contribution >= 4 is 22.6 Å². The predicted molar refractivity (Wildman–Crippen MR) is 69.7 cm³/mol. The first-order valence-electron chi connectivity index (χ1n) is 5.44. The highest BCUT2D eigenvalue weighted by Gasteiger charge is 2.19. The lowest BCUT2D eigenvalue weighted by Crippen LogP contribution is -2.34. The number of benzene rings is 1. The van der Waals surface area contributed by atoms with Gasteiger partial charge in [-0.3, -0.25) is 0 Å². The van der Waals surface area contributed by atoms with E-state index in [0.717, 1.165) is 10.9 Å². The van der Waals surface area contributed by atoms with Crippen LogP contribution in [0, 0.1) is 0 Å². The van der Waals surface area contributed by atoms with Crippen molar-refractivity contribution in [1.82, 2.24) is 0 Å². The molecule has 17 heavy (non-hydrogen) atoms. The Morgan fingerprint density at radius 2 is 2.18 bits per heavy atom. The van der Waals surface area contributed by atoms with Crippen molar-refractivity contribution in [3.8, 4) is 5.75 Å². The van der Waals surface area contributed by atoms with Gasteiger partial charge in [-0.1, -0.05) is 11.6 Å². The lowest BCUT2D eigenvalue weighted by atomic mass is 9.95. The fourth-order valence-corrected chi connectivity index (χ4v) is 2.17. The van der Waals surface area contributed by atoms with Gasteiger partial charge in [0.15, 0.2) is 11.3 Å². The number of rotatable bonds is 3. The molecule has 0 bridgehead atoms. The molecule has 0 radical (unpaired) electrons. The normalized spacial score (nSPS) is 12.1. The van der Waals surface area contributed by atoms with Crippen molar-refractivity contribution in [3.63, 3.8) is 0 Å². The Bertz CT molecular complexity index is 540. The van der Waals surface area contributed by atoms with Gasteiger partial charge in [0.25, 0.3) is 0 Å². The summed E-state index contributed by atoms with van der Waals surface area (Å²) in [5.41, 5.74) is 7.36. The van der Waals surface area contributed by atoms with E-state index in [1.165, 1.54) is 0 Å². The molecule has 1 aromatic heterocycles. The second kappa shape index (κ2) is 4.24. The van der Waals surface area contributed by atoms with Gasteiger partial charge in [0.2, 0.25) is 0 Å². The van der Waals surface area contributed by atoms with Crippen molar-refractivity contribution in [2.45, 2.75) is 25.8 Å². The van der Waals surface area contributed by atoms with Gasteiger partial charge in [0.1, 0.15) is 0 Å². The van der Waals surface area contributed by atoms with Crippen LogP contribution in [0.4, 0.5) is 0 Å². The Balaban J connectivity index is 2.60. The minimum atomic E-state index is -0.313. The van der Waals surface area contributed by atoms with Crippen LogP contribution in [-0.2, 0) is 6.42 Å². The number of hydrogen-bond acceptors (Lipinski definition) is 3. The average Bonchev–Trinajstić information content (AvgIpc) is 2.69. The molecule has 4 heteroatoms. The predicted octanol–water partition coefficient (Wildman–Crippen LogP) is 3.37. The van der Waals surface area contributed by atoms with Crippen molar-refractivity contribution < 1.29 is 9.15 Å². The summed E-state index contributed by atoms with van der Waals surface area (Å²) in [6.07, 6.45) is 2.29. The van der Waals surface area contributed by atoms with E-state index < -0.39 is 0 Å². The van der Waals surface area contributed by atoms with Gasteiger partial charge in [0.05, 0.1) is 18.4 Å². The monoisotopic (exact) mass is 253 g/mol. The summed E-state index contributed by atoms with van der Waals surface area (Å²) in [5, 5.41) is 1.55. The van der Waals surface area contributed by atoms with Gasteiger partial charge >= 0.3 is 0 Å². The summed E-state index contributed by atoms with van der Waals surface area (Å²) in [6, 6.07) is 3.73. The molecule has 0 aliphatic carbocycles. The van der Waals surface area contributed by atoms with Crippen molar-refractivity contribution in [3.05, 3.63) is 29.0 Å². The molecule has 0 spiro atoms. The van der Waals surface area contributed by atoms with Gasteiger partial charge in [0, 0.05) is 10.9 Å². The first-order valence-corrected chi connectivity index (χ1v) is 5.81. The fourth-order valence-electron chi connectivity index (χ4n) is 1.90. The zero-order chi connectivity index (χ0) is 12.6. The largest absolute Gasteiger partial charge is 0.493 e. The molecule has 0 aliphatic heterocycles. The van der Waals surface area contributed by atoms with E-state index in [0.29, 0.717) is 22.8 Å². The van der Waals surface area contributed by atoms with E-state index in [9.17, 15) is 0 Å². The number of ether oxygens (including phenoxy) is 1. The minimum absolute atomic E-state index is 0.313. The smallest absolute Gasteiger partial charge is 0.177 e. The van der Waals surface area contributed by atoms with Crippen molar-refractivity contribution in [1.29, 1.82) is 0 Å². The molecule has 0 fully saturated rings. The summed E-state index contributed by atoms with van der Waals surface area (Å²) < 4.78 is 10.7. The highest BCUT2D eigenvalue weighted by atomic mass is 35.5. The minimum Gasteiger partial charge on any atom is -0.493 e. The fraction of sp³-hybridized carbons (Fsp3) is 0.385. The Hall–Kier alpha value is -1.19. The maximum atomic E-state index is 6.35. The quantitative estimate of drug-likeness (QED) is 0.912. The first-order chi connectivity index (χ1) is 7.92. The maximum Gasteiger partial charge on any atom is 0.177 e. The molecular weight excluding hydrogens is 238 g/mol. The molecule has 92 valence electrons. The number of furan rings is 1. The van der Waals surface area contributed by atoms with Crippen LogP contribution >= 0.6 is 11.6 Å². The van der Waals surface area contributed by atoms with E-state index in [1.807, 2.05) is 26.0 Å². The number of fused-ring (bicyclic) bond motifs is 1. The molecule has 1 aromatic carbocycles. The van der Waals surface area contributed by atoms with Crippen LogP contribution in [0.1, 0.15) is 19.4 Å². The summed E-state index contributed by atoms with van der Waals surface area (Å²) >= 11 is 6.35. The third-order valence-electron chi connectivity index (χ3n) is 2.58. The molecule has 2 rings (SSSR count). The Morgan fingerprint density at radius 3 is 2.76 bits per heavy atom. The molecule has 0 atom stereocenters. The number of nitrogens with two attached hydrogens (primary N) is 1. The number of hydrogen-bond donors (Lipinski definition) is 1. The second-order valence-electron chi connectivity index (χ2n) is 4.88. The molecule has 0 saturated carbocycles. The van der Waals surface area contributed by atoms with Gasteiger partial charge < -0.3 is 14.9 Å². The molecule has 0 unspecified atom stereocenters. The van der Waals surface area contributed by atoms with Crippen LogP contribution in [0.5, 0.6) is 5.75 Å². The third kappa shape index (κ3) is 2.40. The average molecular weight is 254 g/mol. The van der Waals surface area contributed by atoms with E-state index in [2.05, 4.69) is 0 Å². The molecule has 1 heterocycles. The van der Waals surface area contributed by atoms with Crippen molar-refractivity contribution in [2.75, 3.05) is 7.11 Å². The molecule has 0 saturated heterocycles. The first kappa shape index (κ1) is 12.3. The SMILES string of the molecule is COc1cc(CC(C)(C)N)c(Cl)c2ccoc12. The van der Waals surface area contributed by atoms with E-state index in [-0.39, 0.29) is 5.54 Å². The zero-order valence-electron chi connectivity index (χ0n) is 10.2. The van der Waals surface area contributed by atoms with Crippen molar-refractivity contribution in [2.24, 2.45) is 5.73 Å². The van der Waals surface area contributed by atoms with Crippen LogP contribution in [0.15, 0.2) is 22.8 Å². The third-order valence-corrected chi connectivity index (χ3v) is 3.03. The second-order valence-corrected chi connectivity index (χ2v) is 5.26.